The molecule has 6 nitrogen and oxygen atoms in total. The number of nitrogens with zero attached hydrogens (tertiary/aromatic N) is 1. The van der Waals surface area contributed by atoms with Gasteiger partial charge in [-0.1, -0.05) is 42.5 Å². The average Bonchev–Trinajstić information content (AvgIpc) is 2.80. The molecule has 0 fully saturated rings. The molecule has 3 aromatic carbocycles. The van der Waals surface area contributed by atoms with Gasteiger partial charge >= 0.3 is 35.5 Å². The van der Waals surface area contributed by atoms with E-state index < -0.39 is 11.9 Å². The SMILES string of the molecule is O=C(Nc1cc(-c2ccccc2)ccc1C(=O)O)c1ccc(-c2ccncc2)cc1O.[NaH]. The molecule has 154 valence electrons. The van der Waals surface area contributed by atoms with Crippen molar-refractivity contribution in [3.63, 3.8) is 0 Å². The Hall–Kier alpha value is -3.45. The summed E-state index contributed by atoms with van der Waals surface area (Å²) < 4.78 is 0. The number of carbonyl (C=O) groups excluding carboxylic acids is 1. The molecule has 0 radical (unpaired) electrons. The molecule has 4 rings (SSSR count). The van der Waals surface area contributed by atoms with Crippen LogP contribution in [-0.4, -0.2) is 56.6 Å². The second kappa shape index (κ2) is 10.2. The Morgan fingerprint density at radius 3 is 1.94 bits per heavy atom. The number of pyridine rings is 1. The van der Waals surface area contributed by atoms with Crippen molar-refractivity contribution in [3.8, 4) is 28.0 Å². The van der Waals surface area contributed by atoms with Crippen LogP contribution in [0.5, 0.6) is 5.75 Å². The number of carboxylic acid groups (broad SMARTS) is 1. The van der Waals surface area contributed by atoms with E-state index >= 15 is 0 Å². The number of hydrogen-bond acceptors (Lipinski definition) is 4. The number of anilines is 1. The molecule has 1 heterocycles. The third kappa shape index (κ3) is 5.06. The summed E-state index contributed by atoms with van der Waals surface area (Å²) in [6, 6.07) is 22.5. The molecule has 0 spiro atoms. The zero-order chi connectivity index (χ0) is 21.8. The molecule has 0 aliphatic rings. The Morgan fingerprint density at radius 1 is 0.719 bits per heavy atom. The summed E-state index contributed by atoms with van der Waals surface area (Å²) in [5, 5.41) is 22.6. The van der Waals surface area contributed by atoms with E-state index in [1.165, 1.54) is 18.2 Å². The number of aromatic hydroxyl groups is 1. The van der Waals surface area contributed by atoms with E-state index in [2.05, 4.69) is 10.3 Å². The number of carboxylic acids is 1. The summed E-state index contributed by atoms with van der Waals surface area (Å²) in [7, 11) is 0. The van der Waals surface area contributed by atoms with Crippen molar-refractivity contribution in [2.75, 3.05) is 5.32 Å². The first-order chi connectivity index (χ1) is 15.0. The third-order valence-corrected chi connectivity index (χ3v) is 4.86. The van der Waals surface area contributed by atoms with Gasteiger partial charge in [-0.2, -0.15) is 0 Å². The summed E-state index contributed by atoms with van der Waals surface area (Å²) in [5.74, 6) is -1.97. The van der Waals surface area contributed by atoms with Crippen molar-refractivity contribution >= 4 is 47.1 Å². The molecule has 0 aliphatic carbocycles. The number of aromatic nitrogens is 1. The van der Waals surface area contributed by atoms with Crippen LogP contribution in [0.15, 0.2) is 91.3 Å². The predicted molar refractivity (Wildman–Crippen MR) is 125 cm³/mol. The first kappa shape index (κ1) is 23.2. The molecule has 3 N–H and O–H groups in total. The van der Waals surface area contributed by atoms with Crippen LogP contribution in [0, 0.1) is 0 Å². The molecule has 4 aromatic rings. The monoisotopic (exact) mass is 434 g/mol. The number of phenolic OH excluding ortho intramolecular Hbond substituents is 1. The number of carbonyl (C=O) groups is 2. The van der Waals surface area contributed by atoms with E-state index in [-0.39, 0.29) is 52.1 Å². The van der Waals surface area contributed by atoms with E-state index in [1.807, 2.05) is 30.3 Å². The van der Waals surface area contributed by atoms with Crippen LogP contribution in [0.4, 0.5) is 5.69 Å². The maximum atomic E-state index is 12.8. The molecule has 0 saturated heterocycles. The zero-order valence-electron chi connectivity index (χ0n) is 16.3. The van der Waals surface area contributed by atoms with Crippen LogP contribution in [0.25, 0.3) is 22.3 Å². The Morgan fingerprint density at radius 2 is 1.31 bits per heavy atom. The van der Waals surface area contributed by atoms with Crippen molar-refractivity contribution < 1.29 is 19.8 Å². The van der Waals surface area contributed by atoms with Crippen LogP contribution in [0.3, 0.4) is 0 Å². The third-order valence-electron chi connectivity index (χ3n) is 4.86. The number of aromatic carboxylic acids is 1. The molecule has 0 atom stereocenters. The number of benzene rings is 3. The Labute approximate surface area is 206 Å². The summed E-state index contributed by atoms with van der Waals surface area (Å²) in [6.45, 7) is 0. The summed E-state index contributed by atoms with van der Waals surface area (Å²) in [5.41, 5.74) is 3.38. The first-order valence-corrected chi connectivity index (χ1v) is 9.50. The zero-order valence-corrected chi connectivity index (χ0v) is 16.3. The summed E-state index contributed by atoms with van der Waals surface area (Å²) in [4.78, 5) is 28.4. The second-order valence-corrected chi connectivity index (χ2v) is 6.85. The molecule has 0 unspecified atom stereocenters. The van der Waals surface area contributed by atoms with Crippen molar-refractivity contribution in [3.05, 3.63) is 102 Å². The molecule has 1 amide bonds. The van der Waals surface area contributed by atoms with Crippen molar-refractivity contribution in [2.24, 2.45) is 0 Å². The van der Waals surface area contributed by atoms with Gasteiger partial charge in [0, 0.05) is 12.4 Å². The summed E-state index contributed by atoms with van der Waals surface area (Å²) >= 11 is 0. The van der Waals surface area contributed by atoms with Crippen LogP contribution in [-0.2, 0) is 0 Å². The van der Waals surface area contributed by atoms with Crippen LogP contribution < -0.4 is 5.32 Å². The van der Waals surface area contributed by atoms with Crippen LogP contribution >= 0.6 is 0 Å². The topological polar surface area (TPSA) is 99.5 Å². The van der Waals surface area contributed by atoms with Gasteiger partial charge in [0.2, 0.25) is 0 Å². The average molecular weight is 434 g/mol. The van der Waals surface area contributed by atoms with Crippen LogP contribution in [0.2, 0.25) is 0 Å². The van der Waals surface area contributed by atoms with Crippen LogP contribution in [0.1, 0.15) is 20.7 Å². The standard InChI is InChI=1S/C25H18N2O4.Na.H/c28-23-15-19(17-10-12-26-13-11-17)7-9-21(23)24(29)27-22-14-18(6-8-20(22)25(30)31)16-4-2-1-3-5-16;;/h1-15,28H,(H,27,29)(H,30,31);;. The van der Waals surface area contributed by atoms with E-state index in [4.69, 9.17) is 0 Å². The van der Waals surface area contributed by atoms with Gasteiger partial charge in [-0.3, -0.25) is 9.78 Å². The second-order valence-electron chi connectivity index (χ2n) is 6.85. The minimum absolute atomic E-state index is 0. The van der Waals surface area contributed by atoms with Gasteiger partial charge in [0.05, 0.1) is 16.8 Å². The Balaban J connectivity index is 0.00000289. The fourth-order valence-corrected chi connectivity index (χ4v) is 3.28. The molecular weight excluding hydrogens is 415 g/mol. The fourth-order valence-electron chi connectivity index (χ4n) is 3.28. The molecule has 0 bridgehead atoms. The number of rotatable bonds is 5. The number of phenols is 1. The predicted octanol–water partition coefficient (Wildman–Crippen LogP) is 4.42. The van der Waals surface area contributed by atoms with E-state index in [0.29, 0.717) is 0 Å². The summed E-state index contributed by atoms with van der Waals surface area (Å²) in [6.07, 6.45) is 3.28. The van der Waals surface area contributed by atoms with Crippen molar-refractivity contribution in [2.45, 2.75) is 0 Å². The quantitative estimate of drug-likeness (QED) is 0.404. The first-order valence-electron chi connectivity index (χ1n) is 9.50. The molecule has 0 saturated carbocycles. The van der Waals surface area contributed by atoms with Gasteiger partial charge in [-0.15, -0.1) is 0 Å². The molecule has 0 aliphatic heterocycles. The Bertz CT molecular complexity index is 1260. The normalized spacial score (nSPS) is 10.1. The number of amides is 1. The van der Waals surface area contributed by atoms with E-state index in [9.17, 15) is 19.8 Å². The van der Waals surface area contributed by atoms with Gasteiger partial charge in [-0.25, -0.2) is 4.79 Å². The van der Waals surface area contributed by atoms with Gasteiger partial charge in [0.25, 0.3) is 5.91 Å². The number of nitrogens with one attached hydrogen (secondary N) is 1. The van der Waals surface area contributed by atoms with Gasteiger partial charge in [0.1, 0.15) is 5.75 Å². The van der Waals surface area contributed by atoms with Crippen molar-refractivity contribution in [1.82, 2.24) is 4.98 Å². The van der Waals surface area contributed by atoms with Gasteiger partial charge in [-0.05, 0) is 58.7 Å². The Kier molecular flexibility index (Phi) is 7.43. The van der Waals surface area contributed by atoms with Crippen molar-refractivity contribution in [1.29, 1.82) is 0 Å². The van der Waals surface area contributed by atoms with E-state index in [0.717, 1.165) is 22.3 Å². The molecule has 7 heteroatoms. The molecular formula is C25H19N2NaO4. The maximum absolute atomic E-state index is 12.8. The number of hydrogen-bond donors (Lipinski definition) is 3. The molecule has 1 aromatic heterocycles. The van der Waals surface area contributed by atoms with Gasteiger partial charge in [0.15, 0.2) is 0 Å². The van der Waals surface area contributed by atoms with E-state index in [1.54, 1.807) is 42.7 Å². The fraction of sp³-hybridized carbons (Fsp3) is 0. The molecule has 32 heavy (non-hydrogen) atoms. The van der Waals surface area contributed by atoms with Gasteiger partial charge < -0.3 is 15.5 Å². The minimum atomic E-state index is -1.16.